The summed E-state index contributed by atoms with van der Waals surface area (Å²) in [6, 6.07) is 10.5. The number of anilines is 1. The molecule has 6 heteroatoms. The van der Waals surface area contributed by atoms with Crippen molar-refractivity contribution in [2.75, 3.05) is 5.73 Å². The lowest BCUT2D eigenvalue weighted by Gasteiger charge is -2.09. The van der Waals surface area contributed by atoms with E-state index < -0.39 is 15.8 Å². The van der Waals surface area contributed by atoms with Crippen LogP contribution in [0, 0.1) is 12.7 Å². The number of benzene rings is 2. The van der Waals surface area contributed by atoms with Crippen LogP contribution in [0.15, 0.2) is 47.4 Å². The van der Waals surface area contributed by atoms with E-state index in [0.29, 0.717) is 5.56 Å². The zero-order valence-corrected chi connectivity index (χ0v) is 11.7. The van der Waals surface area contributed by atoms with Crippen LogP contribution in [-0.2, 0) is 16.6 Å². The third-order valence-corrected chi connectivity index (χ3v) is 4.29. The van der Waals surface area contributed by atoms with Gasteiger partial charge < -0.3 is 5.73 Å². The average molecular weight is 294 g/mol. The minimum Gasteiger partial charge on any atom is -0.398 e. The predicted molar refractivity (Wildman–Crippen MR) is 76.0 cm³/mol. The van der Waals surface area contributed by atoms with Gasteiger partial charge in [-0.25, -0.2) is 17.5 Å². The molecule has 0 aliphatic rings. The zero-order chi connectivity index (χ0) is 14.8. The average Bonchev–Trinajstić information content (AvgIpc) is 2.36. The summed E-state index contributed by atoms with van der Waals surface area (Å²) in [4.78, 5) is 0.0273. The third-order valence-electron chi connectivity index (χ3n) is 2.81. The second-order valence-electron chi connectivity index (χ2n) is 4.50. The third kappa shape index (κ3) is 3.34. The largest absolute Gasteiger partial charge is 0.398 e. The highest BCUT2D eigenvalue weighted by Gasteiger charge is 2.16. The number of nitrogens with one attached hydrogen (secondary N) is 1. The van der Waals surface area contributed by atoms with Gasteiger partial charge >= 0.3 is 0 Å². The molecule has 0 saturated carbocycles. The van der Waals surface area contributed by atoms with Crippen LogP contribution in [0.1, 0.15) is 11.1 Å². The smallest absolute Gasteiger partial charge is 0.242 e. The van der Waals surface area contributed by atoms with E-state index in [1.165, 1.54) is 24.3 Å². The standard InChI is InChI=1S/C14H15FN2O2S/c1-10-5-6-14(13(16)7-10)20(18,19)17-9-11-3-2-4-12(15)8-11/h2-8,17H,9,16H2,1H3. The number of hydrogen-bond acceptors (Lipinski definition) is 3. The van der Waals surface area contributed by atoms with Crippen molar-refractivity contribution in [2.45, 2.75) is 18.4 Å². The van der Waals surface area contributed by atoms with Crippen LogP contribution in [0.2, 0.25) is 0 Å². The Kier molecular flexibility index (Phi) is 4.06. The van der Waals surface area contributed by atoms with Gasteiger partial charge in [0.25, 0.3) is 0 Å². The number of nitrogen functional groups attached to an aromatic ring is 1. The van der Waals surface area contributed by atoms with Crippen molar-refractivity contribution in [3.63, 3.8) is 0 Å². The molecule has 0 spiro atoms. The number of nitrogens with two attached hydrogens (primary N) is 1. The SMILES string of the molecule is Cc1ccc(S(=O)(=O)NCc2cccc(F)c2)c(N)c1. The van der Waals surface area contributed by atoms with Gasteiger partial charge in [0.05, 0.1) is 5.69 Å². The molecule has 0 bridgehead atoms. The molecular formula is C14H15FN2O2S. The summed E-state index contributed by atoms with van der Waals surface area (Å²) in [5.74, 6) is -0.406. The van der Waals surface area contributed by atoms with Crippen LogP contribution in [0.5, 0.6) is 0 Å². The molecule has 0 aromatic heterocycles. The summed E-state index contributed by atoms with van der Waals surface area (Å²) in [5.41, 5.74) is 7.33. The molecule has 2 aromatic carbocycles. The molecule has 0 heterocycles. The van der Waals surface area contributed by atoms with Crippen molar-refractivity contribution >= 4 is 15.7 Å². The molecule has 3 N–H and O–H groups in total. The van der Waals surface area contributed by atoms with E-state index in [1.54, 1.807) is 18.2 Å². The molecule has 20 heavy (non-hydrogen) atoms. The first-order chi connectivity index (χ1) is 9.38. The van der Waals surface area contributed by atoms with Crippen LogP contribution in [0.4, 0.5) is 10.1 Å². The second kappa shape index (κ2) is 5.60. The zero-order valence-electron chi connectivity index (χ0n) is 10.9. The van der Waals surface area contributed by atoms with Gasteiger partial charge in [-0.1, -0.05) is 18.2 Å². The predicted octanol–water partition coefficient (Wildman–Crippen LogP) is 2.19. The first-order valence-electron chi connectivity index (χ1n) is 5.99. The lowest BCUT2D eigenvalue weighted by Crippen LogP contribution is -2.24. The molecule has 4 nitrogen and oxygen atoms in total. The maximum atomic E-state index is 13.0. The van der Waals surface area contributed by atoms with Gasteiger partial charge in [-0.15, -0.1) is 0 Å². The van der Waals surface area contributed by atoms with E-state index in [2.05, 4.69) is 4.72 Å². The Bertz CT molecular complexity index is 730. The number of aryl methyl sites for hydroxylation is 1. The van der Waals surface area contributed by atoms with Crippen LogP contribution < -0.4 is 10.5 Å². The summed E-state index contributed by atoms with van der Waals surface area (Å²) in [5, 5.41) is 0. The van der Waals surface area contributed by atoms with Crippen molar-refractivity contribution in [1.82, 2.24) is 4.72 Å². The summed E-state index contributed by atoms with van der Waals surface area (Å²) in [6.07, 6.45) is 0. The fraction of sp³-hybridized carbons (Fsp3) is 0.143. The molecule has 2 aromatic rings. The van der Waals surface area contributed by atoms with Crippen LogP contribution >= 0.6 is 0 Å². The van der Waals surface area contributed by atoms with E-state index in [1.807, 2.05) is 6.92 Å². The molecule has 2 rings (SSSR count). The number of rotatable bonds is 4. The first kappa shape index (κ1) is 14.5. The van der Waals surface area contributed by atoms with Crippen LogP contribution in [0.3, 0.4) is 0 Å². The minimum atomic E-state index is -3.72. The molecule has 0 aliphatic carbocycles. The normalized spacial score (nSPS) is 11.5. The van der Waals surface area contributed by atoms with E-state index in [0.717, 1.165) is 5.56 Å². The molecule has 0 radical (unpaired) electrons. The molecule has 0 aliphatic heterocycles. The van der Waals surface area contributed by atoms with E-state index in [4.69, 9.17) is 5.73 Å². The molecule has 0 fully saturated rings. The number of hydrogen-bond donors (Lipinski definition) is 2. The van der Waals surface area contributed by atoms with Gasteiger partial charge in [-0.2, -0.15) is 0 Å². The second-order valence-corrected chi connectivity index (χ2v) is 6.23. The van der Waals surface area contributed by atoms with Gasteiger partial charge in [-0.3, -0.25) is 0 Å². The first-order valence-corrected chi connectivity index (χ1v) is 7.47. The highest BCUT2D eigenvalue weighted by atomic mass is 32.2. The van der Waals surface area contributed by atoms with Crippen LogP contribution in [0.25, 0.3) is 0 Å². The molecule has 0 unspecified atom stereocenters. The summed E-state index contributed by atoms with van der Waals surface area (Å²) < 4.78 is 39.7. The Hall–Kier alpha value is -1.92. The van der Waals surface area contributed by atoms with Crippen molar-refractivity contribution in [1.29, 1.82) is 0 Å². The van der Waals surface area contributed by atoms with Gasteiger partial charge in [-0.05, 0) is 42.3 Å². The van der Waals surface area contributed by atoms with Gasteiger partial charge in [0, 0.05) is 6.54 Å². The maximum Gasteiger partial charge on any atom is 0.242 e. The van der Waals surface area contributed by atoms with E-state index in [9.17, 15) is 12.8 Å². The van der Waals surface area contributed by atoms with Crippen molar-refractivity contribution < 1.29 is 12.8 Å². The molecule has 0 amide bonds. The quantitative estimate of drug-likeness (QED) is 0.849. The van der Waals surface area contributed by atoms with E-state index in [-0.39, 0.29) is 17.1 Å². The minimum absolute atomic E-state index is 0.00735. The van der Waals surface area contributed by atoms with Crippen molar-refractivity contribution in [3.8, 4) is 0 Å². The summed E-state index contributed by atoms with van der Waals surface area (Å²) in [7, 11) is -3.72. The Morgan fingerprint density at radius 3 is 2.60 bits per heavy atom. The molecule has 0 atom stereocenters. The fourth-order valence-corrected chi connectivity index (χ4v) is 2.94. The monoisotopic (exact) mass is 294 g/mol. The topological polar surface area (TPSA) is 72.2 Å². The van der Waals surface area contributed by atoms with E-state index >= 15 is 0 Å². The Labute approximate surface area is 117 Å². The van der Waals surface area contributed by atoms with Gasteiger partial charge in [0.1, 0.15) is 10.7 Å². The Balaban J connectivity index is 2.19. The Morgan fingerprint density at radius 2 is 1.95 bits per heavy atom. The lowest BCUT2D eigenvalue weighted by atomic mass is 10.2. The highest BCUT2D eigenvalue weighted by molar-refractivity contribution is 7.89. The fourth-order valence-electron chi connectivity index (χ4n) is 1.82. The van der Waals surface area contributed by atoms with Crippen LogP contribution in [-0.4, -0.2) is 8.42 Å². The van der Waals surface area contributed by atoms with Gasteiger partial charge in [0.15, 0.2) is 0 Å². The molecular weight excluding hydrogens is 279 g/mol. The maximum absolute atomic E-state index is 13.0. The van der Waals surface area contributed by atoms with Crippen molar-refractivity contribution in [2.24, 2.45) is 0 Å². The van der Waals surface area contributed by atoms with Crippen molar-refractivity contribution in [3.05, 3.63) is 59.4 Å². The number of halogens is 1. The summed E-state index contributed by atoms with van der Waals surface area (Å²) in [6.45, 7) is 1.83. The number of sulfonamides is 1. The summed E-state index contributed by atoms with van der Waals surface area (Å²) >= 11 is 0. The van der Waals surface area contributed by atoms with Gasteiger partial charge in [0.2, 0.25) is 10.0 Å². The Morgan fingerprint density at radius 1 is 1.20 bits per heavy atom. The highest BCUT2D eigenvalue weighted by Crippen LogP contribution is 2.19. The molecule has 0 saturated heterocycles. The lowest BCUT2D eigenvalue weighted by molar-refractivity contribution is 0.580. The molecule has 106 valence electrons.